The van der Waals surface area contributed by atoms with E-state index >= 15 is 0 Å². The van der Waals surface area contributed by atoms with Gasteiger partial charge >= 0.3 is 5.97 Å². The van der Waals surface area contributed by atoms with Crippen molar-refractivity contribution < 1.29 is 28.5 Å². The molecule has 0 aromatic heterocycles. The van der Waals surface area contributed by atoms with Gasteiger partial charge in [0.15, 0.2) is 22.8 Å². The van der Waals surface area contributed by atoms with Crippen molar-refractivity contribution >= 4 is 35.1 Å². The van der Waals surface area contributed by atoms with Crippen LogP contribution in [0.1, 0.15) is 12.5 Å². The molecule has 4 rings (SSSR count). The number of ether oxygens (including phenoxy) is 4. The fourth-order valence-corrected chi connectivity index (χ4v) is 3.30. The second kappa shape index (κ2) is 8.51. The summed E-state index contributed by atoms with van der Waals surface area (Å²) in [5.74, 6) is -0.432. The maximum atomic E-state index is 12.9. The molecule has 2 aliphatic rings. The van der Waals surface area contributed by atoms with Crippen molar-refractivity contribution in [3.8, 4) is 11.5 Å². The third kappa shape index (κ3) is 3.97. The number of benzene rings is 2. The lowest BCUT2D eigenvalue weighted by molar-refractivity contribution is -0.139. The monoisotopic (exact) mass is 427 g/mol. The second-order valence-corrected chi connectivity index (χ2v) is 6.79. The van der Waals surface area contributed by atoms with Gasteiger partial charge in [-0.05, 0) is 42.8 Å². The number of fused-ring (bicyclic) bond motifs is 1. The van der Waals surface area contributed by atoms with Crippen molar-refractivity contribution in [1.82, 2.24) is 0 Å². The normalized spacial score (nSPS) is 16.5. The molecule has 0 saturated carbocycles. The van der Waals surface area contributed by atoms with Gasteiger partial charge in [-0.15, -0.1) is 0 Å². The van der Waals surface area contributed by atoms with Crippen LogP contribution in [-0.4, -0.2) is 31.6 Å². The van der Waals surface area contributed by atoms with Crippen LogP contribution >= 0.6 is 11.6 Å². The Balaban J connectivity index is 1.67. The van der Waals surface area contributed by atoms with E-state index < -0.39 is 11.8 Å². The number of halogens is 1. The van der Waals surface area contributed by atoms with Gasteiger partial charge in [0.25, 0.3) is 0 Å². The van der Waals surface area contributed by atoms with Gasteiger partial charge in [-0.1, -0.05) is 29.8 Å². The zero-order valence-corrected chi connectivity index (χ0v) is 16.8. The third-order valence-electron chi connectivity index (χ3n) is 4.32. The molecule has 0 aliphatic carbocycles. The van der Waals surface area contributed by atoms with Crippen LogP contribution in [0.3, 0.4) is 0 Å². The lowest BCUT2D eigenvalue weighted by atomic mass is 10.1. The van der Waals surface area contributed by atoms with Crippen molar-refractivity contribution in [3.63, 3.8) is 0 Å². The fraction of sp³-hybridized carbons (Fsp3) is 0.182. The zero-order chi connectivity index (χ0) is 21.1. The number of hydrogen-bond donors (Lipinski definition) is 1. The van der Waals surface area contributed by atoms with Crippen LogP contribution < -0.4 is 14.8 Å². The number of allylic oxidation sites excluding steroid dienone is 1. The van der Waals surface area contributed by atoms with E-state index in [-0.39, 0.29) is 23.8 Å². The molecule has 0 fully saturated rings. The van der Waals surface area contributed by atoms with Crippen LogP contribution in [0.25, 0.3) is 6.08 Å². The van der Waals surface area contributed by atoms with E-state index in [9.17, 15) is 9.59 Å². The van der Waals surface area contributed by atoms with Gasteiger partial charge in [-0.3, -0.25) is 4.79 Å². The molecular weight excluding hydrogens is 410 g/mol. The summed E-state index contributed by atoms with van der Waals surface area (Å²) < 4.78 is 21.8. The number of esters is 1. The predicted molar refractivity (Wildman–Crippen MR) is 110 cm³/mol. The highest BCUT2D eigenvalue weighted by atomic mass is 35.5. The Morgan fingerprint density at radius 2 is 1.97 bits per heavy atom. The highest BCUT2D eigenvalue weighted by Gasteiger charge is 2.37. The molecule has 0 radical (unpaired) electrons. The van der Waals surface area contributed by atoms with Crippen LogP contribution in [0.15, 0.2) is 59.7 Å². The molecule has 2 aromatic carbocycles. The van der Waals surface area contributed by atoms with Gasteiger partial charge in [-0.25, -0.2) is 4.79 Å². The van der Waals surface area contributed by atoms with Gasteiger partial charge in [0.1, 0.15) is 13.2 Å². The molecule has 0 amide bonds. The molecule has 0 atom stereocenters. The van der Waals surface area contributed by atoms with Gasteiger partial charge in [0.05, 0.1) is 11.6 Å². The third-order valence-corrected chi connectivity index (χ3v) is 4.60. The first-order valence-electron chi connectivity index (χ1n) is 9.33. The molecule has 0 unspecified atom stereocenters. The summed E-state index contributed by atoms with van der Waals surface area (Å²) >= 11 is 6.27. The molecule has 1 N–H and O–H groups in total. The van der Waals surface area contributed by atoms with Gasteiger partial charge in [0.2, 0.25) is 11.7 Å². The predicted octanol–water partition coefficient (Wildman–Crippen LogP) is 3.94. The fourth-order valence-electron chi connectivity index (χ4n) is 3.02. The molecule has 0 bridgehead atoms. The Hall–Kier alpha value is -3.45. The van der Waals surface area contributed by atoms with E-state index in [1.165, 1.54) is 6.08 Å². The number of rotatable bonds is 5. The quantitative estimate of drug-likeness (QED) is 0.439. The van der Waals surface area contributed by atoms with Crippen molar-refractivity contribution in [2.75, 3.05) is 25.1 Å². The Labute approximate surface area is 177 Å². The van der Waals surface area contributed by atoms with E-state index in [1.54, 1.807) is 31.2 Å². The summed E-state index contributed by atoms with van der Waals surface area (Å²) in [6.45, 7) is 2.61. The average Bonchev–Trinajstić information content (AvgIpc) is 3.03. The van der Waals surface area contributed by atoms with Crippen LogP contribution in [0, 0.1) is 0 Å². The molecule has 0 spiro atoms. The Kier molecular flexibility index (Phi) is 5.63. The highest BCUT2D eigenvalue weighted by Crippen LogP contribution is 2.39. The number of para-hydroxylation sites is 1. The minimum absolute atomic E-state index is 0.0135. The van der Waals surface area contributed by atoms with Crippen LogP contribution in [0.4, 0.5) is 5.69 Å². The summed E-state index contributed by atoms with van der Waals surface area (Å²) in [5, 5.41) is 3.31. The maximum Gasteiger partial charge on any atom is 0.347 e. The number of ketones is 1. The first kappa shape index (κ1) is 19.8. The first-order chi connectivity index (χ1) is 14.6. The lowest BCUT2D eigenvalue weighted by Crippen LogP contribution is -2.16. The molecule has 0 saturated heterocycles. The molecule has 2 aliphatic heterocycles. The van der Waals surface area contributed by atoms with Crippen LogP contribution in [0.5, 0.6) is 11.5 Å². The van der Waals surface area contributed by atoms with Gasteiger partial charge < -0.3 is 24.3 Å². The molecule has 2 aromatic rings. The van der Waals surface area contributed by atoms with E-state index in [0.29, 0.717) is 41.0 Å². The molecule has 30 heavy (non-hydrogen) atoms. The van der Waals surface area contributed by atoms with Crippen LogP contribution in [0.2, 0.25) is 5.02 Å². The Morgan fingerprint density at radius 3 is 2.73 bits per heavy atom. The largest absolute Gasteiger partial charge is 0.486 e. The molecule has 7 nitrogen and oxygen atoms in total. The van der Waals surface area contributed by atoms with Gasteiger partial charge in [-0.2, -0.15) is 0 Å². The minimum Gasteiger partial charge on any atom is -0.486 e. The Morgan fingerprint density at radius 1 is 1.20 bits per heavy atom. The van der Waals surface area contributed by atoms with Crippen molar-refractivity contribution in [3.05, 3.63) is 70.3 Å². The standard InChI is InChI=1S/C22H18ClNO6/c1-2-27-22(26)18-19(25)16(30-21(18)24-14-6-4-3-5-7-14)11-13-10-15(23)20-17(12-13)28-8-9-29-20/h3-7,10-12,24H,2,8-9H2,1H3/b16-11+. The summed E-state index contributed by atoms with van der Waals surface area (Å²) in [6.07, 6.45) is 1.49. The number of Topliss-reactive ketones (excluding diaryl/α,β-unsaturated/α-hetero) is 1. The minimum atomic E-state index is -0.760. The van der Waals surface area contributed by atoms with E-state index in [4.69, 9.17) is 30.5 Å². The zero-order valence-electron chi connectivity index (χ0n) is 16.1. The molecule has 2 heterocycles. The van der Waals surface area contributed by atoms with Crippen molar-refractivity contribution in [2.45, 2.75) is 6.92 Å². The van der Waals surface area contributed by atoms with Crippen molar-refractivity contribution in [2.24, 2.45) is 0 Å². The highest BCUT2D eigenvalue weighted by molar-refractivity contribution is 6.32. The molecule has 8 heteroatoms. The van der Waals surface area contributed by atoms with E-state index in [0.717, 1.165) is 0 Å². The number of carbonyl (C=O) groups excluding carboxylic acids is 2. The van der Waals surface area contributed by atoms with Crippen molar-refractivity contribution in [1.29, 1.82) is 0 Å². The maximum absolute atomic E-state index is 12.9. The summed E-state index contributed by atoms with van der Waals surface area (Å²) in [5.41, 5.74) is 1.03. The second-order valence-electron chi connectivity index (χ2n) is 6.38. The number of carbonyl (C=O) groups is 2. The summed E-state index contributed by atoms with van der Waals surface area (Å²) in [7, 11) is 0. The van der Waals surface area contributed by atoms with E-state index in [2.05, 4.69) is 5.32 Å². The number of hydrogen-bond acceptors (Lipinski definition) is 7. The van der Waals surface area contributed by atoms with E-state index in [1.807, 2.05) is 18.2 Å². The molecular formula is C22H18ClNO6. The SMILES string of the molecule is CCOC(=O)C1=C(Nc2ccccc2)O/C(=C/c2cc(Cl)c3c(c2)OCCO3)C1=O. The summed E-state index contributed by atoms with van der Waals surface area (Å²) in [6, 6.07) is 12.4. The smallest absolute Gasteiger partial charge is 0.347 e. The van der Waals surface area contributed by atoms with Gasteiger partial charge in [0, 0.05) is 5.69 Å². The van der Waals surface area contributed by atoms with Crippen LogP contribution in [-0.2, 0) is 19.1 Å². The number of nitrogens with one attached hydrogen (secondary N) is 1. The number of anilines is 1. The molecule has 154 valence electrons. The summed E-state index contributed by atoms with van der Waals surface area (Å²) in [4.78, 5) is 25.3. The Bertz CT molecular complexity index is 1060. The lowest BCUT2D eigenvalue weighted by Gasteiger charge is -2.19. The average molecular weight is 428 g/mol. The first-order valence-corrected chi connectivity index (χ1v) is 9.71. The topological polar surface area (TPSA) is 83.1 Å².